The van der Waals surface area contributed by atoms with E-state index in [2.05, 4.69) is 5.32 Å². The van der Waals surface area contributed by atoms with E-state index in [4.69, 9.17) is 5.11 Å². The smallest absolute Gasteiger partial charge is 0.0431 e. The predicted molar refractivity (Wildman–Crippen MR) is 65.0 cm³/mol. The van der Waals surface area contributed by atoms with Crippen molar-refractivity contribution in [2.24, 2.45) is 0 Å². The normalized spacial score (nSPS) is 19.8. The summed E-state index contributed by atoms with van der Waals surface area (Å²) in [6.07, 6.45) is 13.2. The molecule has 2 heteroatoms. The molecule has 0 bridgehead atoms. The second-order valence-corrected chi connectivity index (χ2v) is 4.78. The molecular weight excluding hydrogens is 186 g/mol. The van der Waals surface area contributed by atoms with E-state index in [1.54, 1.807) is 0 Å². The van der Waals surface area contributed by atoms with Crippen LogP contribution in [-0.4, -0.2) is 24.3 Å². The fourth-order valence-corrected chi connectivity index (χ4v) is 2.38. The third-order valence-corrected chi connectivity index (χ3v) is 3.37. The molecule has 1 rings (SSSR count). The van der Waals surface area contributed by atoms with E-state index >= 15 is 0 Å². The summed E-state index contributed by atoms with van der Waals surface area (Å²) in [7, 11) is 0. The maximum absolute atomic E-state index is 8.66. The molecule has 0 atom stereocenters. The van der Waals surface area contributed by atoms with Crippen molar-refractivity contribution in [3.8, 4) is 0 Å². The average Bonchev–Trinajstić information content (AvgIpc) is 2.20. The van der Waals surface area contributed by atoms with Gasteiger partial charge in [0.2, 0.25) is 0 Å². The first-order valence-electron chi connectivity index (χ1n) is 6.77. The van der Waals surface area contributed by atoms with E-state index in [9.17, 15) is 0 Å². The quantitative estimate of drug-likeness (QED) is 0.665. The van der Waals surface area contributed by atoms with Gasteiger partial charge >= 0.3 is 0 Å². The minimum Gasteiger partial charge on any atom is -0.396 e. The Hall–Kier alpha value is -0.0800. The Morgan fingerprint density at radius 3 is 2.20 bits per heavy atom. The number of aliphatic hydroxyl groups is 1. The standard InChI is InChI=1S/C13H27NO/c15-12-8-4-7-11-14-13-9-5-2-1-3-6-10-13/h13-15H,1-12H2. The highest BCUT2D eigenvalue weighted by Crippen LogP contribution is 2.16. The van der Waals surface area contributed by atoms with Gasteiger partial charge in [-0.05, 0) is 38.6 Å². The van der Waals surface area contributed by atoms with Crippen LogP contribution in [0.25, 0.3) is 0 Å². The van der Waals surface area contributed by atoms with Crippen LogP contribution in [0.3, 0.4) is 0 Å². The lowest BCUT2D eigenvalue weighted by atomic mass is 9.96. The fraction of sp³-hybridized carbons (Fsp3) is 1.00. The first kappa shape index (κ1) is 13.0. The van der Waals surface area contributed by atoms with Crippen molar-refractivity contribution >= 4 is 0 Å². The second kappa shape index (κ2) is 9.17. The van der Waals surface area contributed by atoms with Crippen molar-refractivity contribution in [1.82, 2.24) is 5.32 Å². The average molecular weight is 213 g/mol. The molecule has 2 N–H and O–H groups in total. The molecule has 0 amide bonds. The predicted octanol–water partition coefficient (Wildman–Crippen LogP) is 2.85. The summed E-state index contributed by atoms with van der Waals surface area (Å²) >= 11 is 0. The Labute approximate surface area is 94.5 Å². The van der Waals surface area contributed by atoms with Crippen LogP contribution in [0.5, 0.6) is 0 Å². The van der Waals surface area contributed by atoms with Gasteiger partial charge in [0.25, 0.3) is 0 Å². The minimum atomic E-state index is 0.351. The lowest BCUT2D eigenvalue weighted by Gasteiger charge is -2.20. The van der Waals surface area contributed by atoms with Crippen LogP contribution in [0.15, 0.2) is 0 Å². The second-order valence-electron chi connectivity index (χ2n) is 4.78. The molecule has 1 saturated carbocycles. The lowest BCUT2D eigenvalue weighted by molar-refractivity contribution is 0.282. The van der Waals surface area contributed by atoms with Crippen LogP contribution >= 0.6 is 0 Å². The van der Waals surface area contributed by atoms with Crippen LogP contribution < -0.4 is 5.32 Å². The Bertz CT molecular complexity index is 130. The zero-order valence-electron chi connectivity index (χ0n) is 10.0. The zero-order chi connectivity index (χ0) is 10.8. The SMILES string of the molecule is OCCCCCNC1CCCCCCC1. The van der Waals surface area contributed by atoms with Crippen LogP contribution in [-0.2, 0) is 0 Å². The Balaban J connectivity index is 1.97. The maximum Gasteiger partial charge on any atom is 0.0431 e. The van der Waals surface area contributed by atoms with E-state index in [1.165, 1.54) is 51.4 Å². The van der Waals surface area contributed by atoms with Crippen LogP contribution in [0.4, 0.5) is 0 Å². The van der Waals surface area contributed by atoms with E-state index < -0.39 is 0 Å². The van der Waals surface area contributed by atoms with Crippen molar-refractivity contribution in [3.63, 3.8) is 0 Å². The number of hydrogen-bond acceptors (Lipinski definition) is 2. The van der Waals surface area contributed by atoms with Gasteiger partial charge < -0.3 is 10.4 Å². The van der Waals surface area contributed by atoms with Crippen molar-refractivity contribution in [2.75, 3.05) is 13.2 Å². The number of hydrogen-bond donors (Lipinski definition) is 2. The fourth-order valence-electron chi connectivity index (χ4n) is 2.38. The van der Waals surface area contributed by atoms with E-state index in [0.29, 0.717) is 6.61 Å². The number of rotatable bonds is 6. The molecule has 0 aliphatic heterocycles. The molecule has 1 aliphatic carbocycles. The molecule has 0 aromatic heterocycles. The van der Waals surface area contributed by atoms with Gasteiger partial charge in [-0.15, -0.1) is 0 Å². The molecule has 0 heterocycles. The summed E-state index contributed by atoms with van der Waals surface area (Å²) in [6, 6.07) is 0.777. The largest absolute Gasteiger partial charge is 0.396 e. The van der Waals surface area contributed by atoms with Gasteiger partial charge in [0.05, 0.1) is 0 Å². The monoisotopic (exact) mass is 213 g/mol. The molecule has 15 heavy (non-hydrogen) atoms. The Kier molecular flexibility index (Phi) is 7.94. The van der Waals surface area contributed by atoms with Crippen molar-refractivity contribution < 1.29 is 5.11 Å². The first-order valence-corrected chi connectivity index (χ1v) is 6.77. The highest BCUT2D eigenvalue weighted by atomic mass is 16.2. The van der Waals surface area contributed by atoms with Gasteiger partial charge in [-0.3, -0.25) is 0 Å². The zero-order valence-corrected chi connectivity index (χ0v) is 10.0. The minimum absolute atomic E-state index is 0.351. The van der Waals surface area contributed by atoms with Gasteiger partial charge in [-0.2, -0.15) is 0 Å². The molecule has 0 aromatic carbocycles. The van der Waals surface area contributed by atoms with E-state index in [1.807, 2.05) is 0 Å². The summed E-state index contributed by atoms with van der Waals surface area (Å²) in [5.74, 6) is 0. The van der Waals surface area contributed by atoms with Crippen LogP contribution in [0.2, 0.25) is 0 Å². The van der Waals surface area contributed by atoms with Crippen molar-refractivity contribution in [2.45, 2.75) is 70.3 Å². The van der Waals surface area contributed by atoms with Gasteiger partial charge in [0, 0.05) is 12.6 Å². The van der Waals surface area contributed by atoms with E-state index in [-0.39, 0.29) is 0 Å². The van der Waals surface area contributed by atoms with Crippen LogP contribution in [0, 0.1) is 0 Å². The molecule has 0 radical (unpaired) electrons. The van der Waals surface area contributed by atoms with E-state index in [0.717, 1.165) is 25.4 Å². The maximum atomic E-state index is 8.66. The third kappa shape index (κ3) is 6.91. The van der Waals surface area contributed by atoms with Crippen LogP contribution in [0.1, 0.15) is 64.2 Å². The molecular formula is C13H27NO. The first-order chi connectivity index (χ1) is 7.43. The molecule has 0 aromatic rings. The summed E-state index contributed by atoms with van der Waals surface area (Å²) in [6.45, 7) is 1.49. The number of aliphatic hydroxyl groups excluding tert-OH is 1. The van der Waals surface area contributed by atoms with Crippen molar-refractivity contribution in [1.29, 1.82) is 0 Å². The Morgan fingerprint density at radius 2 is 1.53 bits per heavy atom. The molecule has 1 aliphatic rings. The van der Waals surface area contributed by atoms with Crippen molar-refractivity contribution in [3.05, 3.63) is 0 Å². The highest BCUT2D eigenvalue weighted by Gasteiger charge is 2.09. The molecule has 90 valence electrons. The summed E-state index contributed by atoms with van der Waals surface area (Å²) in [5, 5.41) is 12.3. The van der Waals surface area contributed by atoms with Gasteiger partial charge in [0.15, 0.2) is 0 Å². The summed E-state index contributed by atoms with van der Waals surface area (Å²) in [4.78, 5) is 0. The topological polar surface area (TPSA) is 32.3 Å². The van der Waals surface area contributed by atoms with Gasteiger partial charge in [0.1, 0.15) is 0 Å². The number of nitrogens with one attached hydrogen (secondary N) is 1. The number of unbranched alkanes of at least 4 members (excludes halogenated alkanes) is 2. The lowest BCUT2D eigenvalue weighted by Crippen LogP contribution is -2.30. The molecule has 0 unspecified atom stereocenters. The molecule has 2 nitrogen and oxygen atoms in total. The summed E-state index contributed by atoms with van der Waals surface area (Å²) < 4.78 is 0. The molecule has 1 fully saturated rings. The van der Waals surface area contributed by atoms with Gasteiger partial charge in [-0.1, -0.05) is 32.1 Å². The Morgan fingerprint density at radius 1 is 0.867 bits per heavy atom. The third-order valence-electron chi connectivity index (χ3n) is 3.37. The highest BCUT2D eigenvalue weighted by molar-refractivity contribution is 4.69. The summed E-state index contributed by atoms with van der Waals surface area (Å²) in [5.41, 5.74) is 0. The molecule has 0 spiro atoms. The molecule has 0 saturated heterocycles. The van der Waals surface area contributed by atoms with Gasteiger partial charge in [-0.25, -0.2) is 0 Å².